The Labute approximate surface area is 87.6 Å². The second kappa shape index (κ2) is 3.08. The van der Waals surface area contributed by atoms with Gasteiger partial charge in [0.15, 0.2) is 0 Å². The number of aromatic nitrogens is 1. The van der Waals surface area contributed by atoms with Gasteiger partial charge in [0.05, 0.1) is 18.8 Å². The molecule has 1 aromatic carbocycles. The maximum Gasteiger partial charge on any atom is 0.0981 e. The molecule has 0 aliphatic carbocycles. The summed E-state index contributed by atoms with van der Waals surface area (Å²) in [5, 5.41) is 20.4. The lowest BCUT2D eigenvalue weighted by atomic mass is 10.0. The SMILES string of the molecule is OC1Cc2cc3ccccc3n2C[C@@H]1O. The highest BCUT2D eigenvalue weighted by molar-refractivity contribution is 5.81. The van der Waals surface area contributed by atoms with Gasteiger partial charge < -0.3 is 14.8 Å². The van der Waals surface area contributed by atoms with Crippen LogP contribution in [0.4, 0.5) is 0 Å². The number of rotatable bonds is 0. The third kappa shape index (κ3) is 1.28. The van der Waals surface area contributed by atoms with E-state index in [2.05, 4.69) is 16.7 Å². The Kier molecular flexibility index (Phi) is 1.84. The van der Waals surface area contributed by atoms with Gasteiger partial charge in [0.1, 0.15) is 0 Å². The van der Waals surface area contributed by atoms with Crippen molar-refractivity contribution < 1.29 is 10.2 Å². The first-order chi connectivity index (χ1) is 7.25. The van der Waals surface area contributed by atoms with E-state index in [1.165, 1.54) is 5.39 Å². The average molecular weight is 203 g/mol. The molecule has 0 fully saturated rings. The molecule has 0 saturated carbocycles. The second-order valence-electron chi connectivity index (χ2n) is 4.14. The molecule has 0 saturated heterocycles. The van der Waals surface area contributed by atoms with Crippen LogP contribution >= 0.6 is 0 Å². The summed E-state index contributed by atoms with van der Waals surface area (Å²) < 4.78 is 2.09. The highest BCUT2D eigenvalue weighted by atomic mass is 16.3. The van der Waals surface area contributed by atoms with Crippen LogP contribution in [0, 0.1) is 0 Å². The zero-order chi connectivity index (χ0) is 10.4. The molecular weight excluding hydrogens is 190 g/mol. The Morgan fingerprint density at radius 1 is 1.13 bits per heavy atom. The normalized spacial score (nSPS) is 25.5. The number of nitrogens with zero attached hydrogens (tertiary/aromatic N) is 1. The molecule has 3 rings (SSSR count). The average Bonchev–Trinajstić information content (AvgIpc) is 2.57. The molecule has 1 unspecified atom stereocenters. The van der Waals surface area contributed by atoms with Crippen molar-refractivity contribution in [3.05, 3.63) is 36.0 Å². The van der Waals surface area contributed by atoms with Gasteiger partial charge in [-0.25, -0.2) is 0 Å². The zero-order valence-corrected chi connectivity index (χ0v) is 8.30. The Hall–Kier alpha value is -1.32. The maximum absolute atomic E-state index is 9.63. The minimum atomic E-state index is -0.645. The van der Waals surface area contributed by atoms with Crippen molar-refractivity contribution in [2.45, 2.75) is 25.2 Å². The molecule has 2 atom stereocenters. The number of aliphatic hydroxyl groups excluding tert-OH is 2. The van der Waals surface area contributed by atoms with Crippen LogP contribution in [-0.2, 0) is 13.0 Å². The molecule has 0 spiro atoms. The van der Waals surface area contributed by atoms with E-state index in [-0.39, 0.29) is 0 Å². The molecular formula is C12H13NO2. The third-order valence-corrected chi connectivity index (χ3v) is 3.13. The molecule has 2 heterocycles. The molecule has 1 aromatic heterocycles. The van der Waals surface area contributed by atoms with Crippen LogP contribution < -0.4 is 0 Å². The summed E-state index contributed by atoms with van der Waals surface area (Å²) in [6.45, 7) is 0.490. The predicted molar refractivity (Wildman–Crippen MR) is 57.7 cm³/mol. The second-order valence-corrected chi connectivity index (χ2v) is 4.14. The molecule has 78 valence electrons. The maximum atomic E-state index is 9.63. The monoisotopic (exact) mass is 203 g/mol. The minimum absolute atomic E-state index is 0.490. The molecule has 3 heteroatoms. The van der Waals surface area contributed by atoms with Gasteiger partial charge in [-0.1, -0.05) is 18.2 Å². The lowest BCUT2D eigenvalue weighted by Gasteiger charge is -2.26. The van der Waals surface area contributed by atoms with E-state index in [1.54, 1.807) is 0 Å². The van der Waals surface area contributed by atoms with Gasteiger partial charge >= 0.3 is 0 Å². The first kappa shape index (κ1) is 8.95. The first-order valence-corrected chi connectivity index (χ1v) is 5.19. The van der Waals surface area contributed by atoms with Crippen molar-refractivity contribution in [1.29, 1.82) is 0 Å². The predicted octanol–water partition coefficient (Wildman–Crippen LogP) is 0.919. The van der Waals surface area contributed by atoms with Crippen LogP contribution in [0.15, 0.2) is 30.3 Å². The summed E-state index contributed by atoms with van der Waals surface area (Å²) >= 11 is 0. The van der Waals surface area contributed by atoms with Gasteiger partial charge in [-0.3, -0.25) is 0 Å². The minimum Gasteiger partial charge on any atom is -0.390 e. The lowest BCUT2D eigenvalue weighted by Crippen LogP contribution is -2.37. The van der Waals surface area contributed by atoms with E-state index in [9.17, 15) is 10.2 Å². The van der Waals surface area contributed by atoms with Gasteiger partial charge in [-0.05, 0) is 17.5 Å². The zero-order valence-electron chi connectivity index (χ0n) is 8.30. The van der Waals surface area contributed by atoms with Crippen molar-refractivity contribution in [3.8, 4) is 0 Å². The summed E-state index contributed by atoms with van der Waals surface area (Å²) in [6, 6.07) is 10.2. The molecule has 1 aliphatic rings. The smallest absolute Gasteiger partial charge is 0.0981 e. The van der Waals surface area contributed by atoms with Gasteiger partial charge in [0.25, 0.3) is 0 Å². The Morgan fingerprint density at radius 2 is 1.93 bits per heavy atom. The van der Waals surface area contributed by atoms with Crippen molar-refractivity contribution >= 4 is 10.9 Å². The van der Waals surface area contributed by atoms with Gasteiger partial charge in [-0.2, -0.15) is 0 Å². The summed E-state index contributed by atoms with van der Waals surface area (Å²) in [4.78, 5) is 0. The van der Waals surface area contributed by atoms with E-state index < -0.39 is 12.2 Å². The Bertz CT molecular complexity index is 503. The largest absolute Gasteiger partial charge is 0.390 e. The topological polar surface area (TPSA) is 45.4 Å². The van der Waals surface area contributed by atoms with Crippen molar-refractivity contribution in [2.24, 2.45) is 0 Å². The quantitative estimate of drug-likeness (QED) is 0.668. The fourth-order valence-electron chi connectivity index (χ4n) is 2.31. The summed E-state index contributed by atoms with van der Waals surface area (Å²) in [5.74, 6) is 0. The first-order valence-electron chi connectivity index (χ1n) is 5.19. The number of hydrogen-bond donors (Lipinski definition) is 2. The molecule has 0 amide bonds. The van der Waals surface area contributed by atoms with Crippen LogP contribution in [0.25, 0.3) is 10.9 Å². The van der Waals surface area contributed by atoms with Crippen molar-refractivity contribution in [1.82, 2.24) is 4.57 Å². The van der Waals surface area contributed by atoms with E-state index in [4.69, 9.17) is 0 Å². The molecule has 2 N–H and O–H groups in total. The summed E-state index contributed by atoms with van der Waals surface area (Å²) in [6.07, 6.45) is -0.731. The lowest BCUT2D eigenvalue weighted by molar-refractivity contribution is -0.00170. The molecule has 2 aromatic rings. The highest BCUT2D eigenvalue weighted by Gasteiger charge is 2.26. The van der Waals surface area contributed by atoms with E-state index in [0.29, 0.717) is 13.0 Å². The molecule has 0 radical (unpaired) electrons. The Morgan fingerprint density at radius 3 is 2.80 bits per heavy atom. The van der Waals surface area contributed by atoms with Crippen LogP contribution in [0.3, 0.4) is 0 Å². The molecule has 1 aliphatic heterocycles. The van der Waals surface area contributed by atoms with Crippen LogP contribution in [0.1, 0.15) is 5.69 Å². The number of hydrogen-bond acceptors (Lipinski definition) is 2. The standard InChI is InChI=1S/C12H13NO2/c14-11-6-9-5-8-3-1-2-4-10(8)13(9)7-12(11)15/h1-5,11-12,14-15H,6-7H2/t11?,12-/m0/s1. The van der Waals surface area contributed by atoms with Crippen molar-refractivity contribution in [3.63, 3.8) is 0 Å². The fourth-order valence-corrected chi connectivity index (χ4v) is 2.31. The number of fused-ring (bicyclic) bond motifs is 3. The molecule has 15 heavy (non-hydrogen) atoms. The number of aliphatic hydroxyl groups is 2. The summed E-state index contributed by atoms with van der Waals surface area (Å²) in [7, 11) is 0. The number of para-hydroxylation sites is 1. The van der Waals surface area contributed by atoms with Gasteiger partial charge in [0, 0.05) is 17.6 Å². The molecule has 3 nitrogen and oxygen atoms in total. The van der Waals surface area contributed by atoms with E-state index in [0.717, 1.165) is 11.2 Å². The number of benzene rings is 1. The van der Waals surface area contributed by atoms with E-state index >= 15 is 0 Å². The fraction of sp³-hybridized carbons (Fsp3) is 0.333. The van der Waals surface area contributed by atoms with E-state index in [1.807, 2.05) is 18.2 Å². The molecule has 0 bridgehead atoms. The third-order valence-electron chi connectivity index (χ3n) is 3.13. The highest BCUT2D eigenvalue weighted by Crippen LogP contribution is 2.25. The van der Waals surface area contributed by atoms with Crippen LogP contribution in [0.5, 0.6) is 0 Å². The van der Waals surface area contributed by atoms with Crippen LogP contribution in [0.2, 0.25) is 0 Å². The summed E-state index contributed by atoms with van der Waals surface area (Å²) in [5.41, 5.74) is 2.24. The van der Waals surface area contributed by atoms with Gasteiger partial charge in [-0.15, -0.1) is 0 Å². The Balaban J connectivity index is 2.21. The van der Waals surface area contributed by atoms with Crippen molar-refractivity contribution in [2.75, 3.05) is 0 Å². The van der Waals surface area contributed by atoms with Crippen LogP contribution in [-0.4, -0.2) is 27.0 Å². The van der Waals surface area contributed by atoms with Gasteiger partial charge in [0.2, 0.25) is 0 Å².